The van der Waals surface area contributed by atoms with E-state index in [9.17, 15) is 23.1 Å². The van der Waals surface area contributed by atoms with Crippen LogP contribution in [-0.2, 0) is 0 Å². The summed E-state index contributed by atoms with van der Waals surface area (Å²) in [6.45, 7) is 3.46. The molecule has 0 saturated carbocycles. The van der Waals surface area contributed by atoms with Gasteiger partial charge in [-0.05, 0) is 37.2 Å². The molecule has 0 saturated heterocycles. The molecule has 1 atom stereocenters. The highest BCUT2D eigenvalue weighted by molar-refractivity contribution is 8.00. The first kappa shape index (κ1) is 17.8. The Balaban J connectivity index is 2.79. The Kier molecular flexibility index (Phi) is 6.10. The number of amides is 1. The molecule has 118 valence electrons. The van der Waals surface area contributed by atoms with Gasteiger partial charge in [-0.25, -0.2) is 0 Å². The van der Waals surface area contributed by atoms with Gasteiger partial charge in [0.2, 0.25) is 0 Å². The molecule has 0 fully saturated rings. The number of hydrogen-bond acceptors (Lipinski definition) is 3. The molecule has 0 aromatic heterocycles. The monoisotopic (exact) mass is 321 g/mol. The van der Waals surface area contributed by atoms with Gasteiger partial charge in [0.1, 0.15) is 0 Å². The van der Waals surface area contributed by atoms with Crippen LogP contribution in [-0.4, -0.2) is 28.7 Å². The van der Waals surface area contributed by atoms with Crippen molar-refractivity contribution in [3.8, 4) is 0 Å². The number of nitrogens with one attached hydrogen (secondary N) is 1. The lowest BCUT2D eigenvalue weighted by atomic mass is 10.0. The smallest absolute Gasteiger partial charge is 0.388 e. The summed E-state index contributed by atoms with van der Waals surface area (Å²) in [4.78, 5) is 11.8. The Hall–Kier alpha value is -1.21. The van der Waals surface area contributed by atoms with Crippen LogP contribution in [0.2, 0.25) is 0 Å². The second-order valence-electron chi connectivity index (χ2n) is 4.97. The zero-order valence-corrected chi connectivity index (χ0v) is 12.6. The molecule has 0 heterocycles. The molecule has 1 rings (SSSR count). The van der Waals surface area contributed by atoms with Crippen molar-refractivity contribution in [2.45, 2.75) is 42.7 Å². The van der Waals surface area contributed by atoms with Crippen LogP contribution in [0.25, 0.3) is 0 Å². The maximum absolute atomic E-state index is 12.5. The molecule has 1 unspecified atom stereocenters. The second-order valence-corrected chi connectivity index (χ2v) is 6.08. The molecule has 1 aromatic rings. The van der Waals surface area contributed by atoms with E-state index in [0.29, 0.717) is 6.42 Å². The molecule has 21 heavy (non-hydrogen) atoms. The normalized spacial score (nSPS) is 14.6. The number of halogens is 3. The highest BCUT2D eigenvalue weighted by Gasteiger charge is 2.31. The first-order valence-electron chi connectivity index (χ1n) is 6.50. The van der Waals surface area contributed by atoms with Crippen LogP contribution < -0.4 is 5.32 Å². The Morgan fingerprint density at radius 2 is 1.95 bits per heavy atom. The summed E-state index contributed by atoms with van der Waals surface area (Å²) >= 11 is -0.324. The molecular formula is C14H18F3NO2S. The van der Waals surface area contributed by atoms with Gasteiger partial charge in [0, 0.05) is 11.4 Å². The molecule has 1 aromatic carbocycles. The van der Waals surface area contributed by atoms with E-state index in [1.807, 2.05) is 6.92 Å². The lowest BCUT2D eigenvalue weighted by Gasteiger charge is -2.23. The van der Waals surface area contributed by atoms with E-state index in [0.717, 1.165) is 6.42 Å². The lowest BCUT2D eigenvalue weighted by molar-refractivity contribution is -0.0328. The fourth-order valence-electron chi connectivity index (χ4n) is 1.86. The van der Waals surface area contributed by atoms with E-state index in [2.05, 4.69) is 5.32 Å². The average molecular weight is 321 g/mol. The predicted octanol–water partition coefficient (Wildman–Crippen LogP) is 3.58. The van der Waals surface area contributed by atoms with Crippen LogP contribution >= 0.6 is 11.8 Å². The van der Waals surface area contributed by atoms with Crippen molar-refractivity contribution in [2.24, 2.45) is 0 Å². The SMILES string of the molecule is CCCC(C)(O)CNC(=O)c1ccccc1SC(F)(F)F. The third-order valence-electron chi connectivity index (χ3n) is 2.78. The summed E-state index contributed by atoms with van der Waals surface area (Å²) in [6, 6.07) is 5.52. The van der Waals surface area contributed by atoms with Gasteiger partial charge in [-0.1, -0.05) is 25.5 Å². The highest BCUT2D eigenvalue weighted by atomic mass is 32.2. The largest absolute Gasteiger partial charge is 0.446 e. The van der Waals surface area contributed by atoms with Crippen molar-refractivity contribution in [1.82, 2.24) is 5.32 Å². The first-order valence-corrected chi connectivity index (χ1v) is 7.31. The minimum Gasteiger partial charge on any atom is -0.388 e. The zero-order chi connectivity index (χ0) is 16.1. The number of alkyl halides is 3. The molecule has 1 amide bonds. The van der Waals surface area contributed by atoms with Gasteiger partial charge in [-0.15, -0.1) is 0 Å². The van der Waals surface area contributed by atoms with Crippen LogP contribution in [0.1, 0.15) is 37.0 Å². The van der Waals surface area contributed by atoms with Gasteiger partial charge in [0.05, 0.1) is 11.2 Å². The molecule has 0 aliphatic carbocycles. The van der Waals surface area contributed by atoms with Crippen LogP contribution in [0, 0.1) is 0 Å². The van der Waals surface area contributed by atoms with Crippen molar-refractivity contribution < 1.29 is 23.1 Å². The average Bonchev–Trinajstić information content (AvgIpc) is 2.35. The third kappa shape index (κ3) is 6.39. The van der Waals surface area contributed by atoms with E-state index in [1.54, 1.807) is 6.92 Å². The predicted molar refractivity (Wildman–Crippen MR) is 76.2 cm³/mol. The van der Waals surface area contributed by atoms with E-state index in [4.69, 9.17) is 0 Å². The van der Waals surface area contributed by atoms with E-state index in [1.165, 1.54) is 24.3 Å². The van der Waals surface area contributed by atoms with Gasteiger partial charge >= 0.3 is 5.51 Å². The molecular weight excluding hydrogens is 303 g/mol. The van der Waals surface area contributed by atoms with Crippen LogP contribution in [0.5, 0.6) is 0 Å². The maximum atomic E-state index is 12.5. The van der Waals surface area contributed by atoms with Gasteiger partial charge in [0.25, 0.3) is 5.91 Å². The molecule has 0 radical (unpaired) electrons. The fraction of sp³-hybridized carbons (Fsp3) is 0.500. The van der Waals surface area contributed by atoms with Gasteiger partial charge < -0.3 is 10.4 Å². The zero-order valence-electron chi connectivity index (χ0n) is 11.8. The Bertz CT molecular complexity index is 489. The van der Waals surface area contributed by atoms with Crippen LogP contribution in [0.15, 0.2) is 29.2 Å². The first-order chi connectivity index (χ1) is 9.64. The van der Waals surface area contributed by atoms with Crippen molar-refractivity contribution in [3.63, 3.8) is 0 Å². The molecule has 2 N–H and O–H groups in total. The minimum atomic E-state index is -4.45. The summed E-state index contributed by atoms with van der Waals surface area (Å²) in [5, 5.41) is 12.4. The highest BCUT2D eigenvalue weighted by Crippen LogP contribution is 2.38. The van der Waals surface area contributed by atoms with Crippen molar-refractivity contribution in [3.05, 3.63) is 29.8 Å². The fourth-order valence-corrected chi connectivity index (χ4v) is 2.53. The summed E-state index contributed by atoms with van der Waals surface area (Å²) < 4.78 is 37.4. The molecule has 0 bridgehead atoms. The quantitative estimate of drug-likeness (QED) is 0.787. The molecule has 0 aliphatic rings. The Morgan fingerprint density at radius 1 is 1.33 bits per heavy atom. The molecule has 3 nitrogen and oxygen atoms in total. The van der Waals surface area contributed by atoms with Crippen molar-refractivity contribution >= 4 is 17.7 Å². The summed E-state index contributed by atoms with van der Waals surface area (Å²) in [5.74, 6) is -0.626. The Labute approximate surface area is 125 Å². The van der Waals surface area contributed by atoms with Crippen LogP contribution in [0.4, 0.5) is 13.2 Å². The number of aliphatic hydroxyl groups is 1. The van der Waals surface area contributed by atoms with Crippen molar-refractivity contribution in [1.29, 1.82) is 0 Å². The molecule has 0 aliphatic heterocycles. The number of hydrogen-bond donors (Lipinski definition) is 2. The number of benzene rings is 1. The van der Waals surface area contributed by atoms with Gasteiger partial charge in [-0.2, -0.15) is 13.2 Å². The molecule has 7 heteroatoms. The second kappa shape index (κ2) is 7.17. The molecule has 0 spiro atoms. The van der Waals surface area contributed by atoms with E-state index in [-0.39, 0.29) is 28.8 Å². The van der Waals surface area contributed by atoms with Gasteiger partial charge in [0.15, 0.2) is 0 Å². The number of rotatable bonds is 6. The standard InChI is InChI=1S/C14H18F3NO2S/c1-3-8-13(2,20)9-18-12(19)10-6-4-5-7-11(10)21-14(15,16)17/h4-7,20H,3,8-9H2,1-2H3,(H,18,19). The number of thioether (sulfide) groups is 1. The van der Waals surface area contributed by atoms with Gasteiger partial charge in [-0.3, -0.25) is 4.79 Å². The minimum absolute atomic E-state index is 0.00923. The lowest BCUT2D eigenvalue weighted by Crippen LogP contribution is -2.40. The number of carbonyl (C=O) groups is 1. The van der Waals surface area contributed by atoms with Crippen LogP contribution in [0.3, 0.4) is 0 Å². The number of carbonyl (C=O) groups excluding carboxylic acids is 1. The maximum Gasteiger partial charge on any atom is 0.446 e. The van der Waals surface area contributed by atoms with E-state index >= 15 is 0 Å². The third-order valence-corrected chi connectivity index (χ3v) is 3.58. The Morgan fingerprint density at radius 3 is 2.52 bits per heavy atom. The summed E-state index contributed by atoms with van der Waals surface area (Å²) in [7, 11) is 0. The summed E-state index contributed by atoms with van der Waals surface area (Å²) in [5.41, 5.74) is -5.58. The van der Waals surface area contributed by atoms with Crippen molar-refractivity contribution in [2.75, 3.05) is 6.54 Å². The summed E-state index contributed by atoms with van der Waals surface area (Å²) in [6.07, 6.45) is 1.23. The topological polar surface area (TPSA) is 49.3 Å². The van der Waals surface area contributed by atoms with E-state index < -0.39 is 17.0 Å².